The number of likely N-dealkylation sites (tertiary alicyclic amines) is 1. The van der Waals surface area contributed by atoms with E-state index in [1.54, 1.807) is 6.92 Å². The van der Waals surface area contributed by atoms with E-state index in [1.165, 1.54) is 6.07 Å². The summed E-state index contributed by atoms with van der Waals surface area (Å²) in [6, 6.07) is 5.06. The van der Waals surface area contributed by atoms with Crippen molar-refractivity contribution in [3.05, 3.63) is 91.9 Å². The molecule has 12 heteroatoms. The quantitative estimate of drug-likeness (QED) is 0.421. The number of piperazine rings is 1. The van der Waals surface area contributed by atoms with E-state index in [9.17, 15) is 28.3 Å². The van der Waals surface area contributed by atoms with Gasteiger partial charge in [0.1, 0.15) is 28.8 Å². The molecule has 2 bridgehead atoms. The van der Waals surface area contributed by atoms with Crippen molar-refractivity contribution in [3.8, 4) is 5.69 Å². The largest absolute Gasteiger partial charge is 0.519 e. The van der Waals surface area contributed by atoms with E-state index < -0.39 is 40.2 Å². The topological polar surface area (TPSA) is 109 Å². The number of fused-ring (bicyclic) bond motifs is 3. The van der Waals surface area contributed by atoms with Gasteiger partial charge in [-0.1, -0.05) is 0 Å². The molecule has 6 rings (SSSR count). The zero-order valence-electron chi connectivity index (χ0n) is 19.9. The first kappa shape index (κ1) is 24.0. The molecule has 2 aromatic carbocycles. The van der Waals surface area contributed by atoms with Crippen molar-refractivity contribution < 1.29 is 31.9 Å². The van der Waals surface area contributed by atoms with E-state index >= 15 is 4.39 Å². The van der Waals surface area contributed by atoms with Crippen LogP contribution in [0.3, 0.4) is 0 Å². The normalized spacial score (nSPS) is 19.1. The van der Waals surface area contributed by atoms with Gasteiger partial charge in [-0.05, 0) is 37.6 Å². The van der Waals surface area contributed by atoms with Crippen molar-refractivity contribution in [2.75, 3.05) is 18.0 Å². The molecule has 9 nitrogen and oxygen atoms in total. The summed E-state index contributed by atoms with van der Waals surface area (Å²) in [5, 5.41) is 9.28. The van der Waals surface area contributed by atoms with Crippen molar-refractivity contribution in [1.82, 2.24) is 9.47 Å². The number of hydrogen-bond donors (Lipinski definition) is 1. The van der Waals surface area contributed by atoms with Crippen LogP contribution in [-0.2, 0) is 6.54 Å². The minimum absolute atomic E-state index is 0.0285. The number of carbonyl (C=O) groups is 1. The second-order valence-electron chi connectivity index (χ2n) is 9.52. The van der Waals surface area contributed by atoms with Crippen LogP contribution < -0.4 is 16.2 Å². The summed E-state index contributed by atoms with van der Waals surface area (Å²) < 4.78 is 54.9. The molecule has 1 N–H and O–H groups in total. The molecule has 0 spiro atoms. The van der Waals surface area contributed by atoms with Crippen LogP contribution in [0.2, 0.25) is 0 Å². The highest BCUT2D eigenvalue weighted by atomic mass is 19.1. The minimum atomic E-state index is -1.56. The number of nitrogens with zero attached hydrogens (tertiary/aromatic N) is 3. The van der Waals surface area contributed by atoms with Crippen LogP contribution in [0.4, 0.5) is 18.9 Å². The molecule has 2 unspecified atom stereocenters. The first-order valence-electron chi connectivity index (χ1n) is 11.8. The highest BCUT2D eigenvalue weighted by Crippen LogP contribution is 2.38. The van der Waals surface area contributed by atoms with Crippen LogP contribution in [0.25, 0.3) is 16.6 Å². The number of aromatic carboxylic acids is 1. The zero-order valence-corrected chi connectivity index (χ0v) is 19.9. The van der Waals surface area contributed by atoms with Crippen molar-refractivity contribution in [2.45, 2.75) is 32.0 Å². The Morgan fingerprint density at radius 2 is 1.79 bits per heavy atom. The first-order chi connectivity index (χ1) is 18.1. The van der Waals surface area contributed by atoms with Crippen LogP contribution in [0, 0.1) is 24.4 Å². The molecule has 2 atom stereocenters. The number of pyridine rings is 1. The smallest absolute Gasteiger partial charge is 0.477 e. The first-order valence-corrected chi connectivity index (χ1v) is 11.8. The fourth-order valence-electron chi connectivity index (χ4n) is 5.52. The molecule has 4 aromatic rings. The lowest BCUT2D eigenvalue weighted by atomic mass is 10.1. The Bertz CT molecular complexity index is 1740. The average molecular weight is 527 g/mol. The minimum Gasteiger partial charge on any atom is -0.477 e. The van der Waals surface area contributed by atoms with Gasteiger partial charge in [-0.25, -0.2) is 22.8 Å². The third-order valence-electron chi connectivity index (χ3n) is 7.32. The number of carboxylic acids is 1. The van der Waals surface area contributed by atoms with Gasteiger partial charge in [-0.2, -0.15) is 0 Å². The summed E-state index contributed by atoms with van der Waals surface area (Å²) in [5.41, 5.74) is -1.53. The molecule has 2 aliphatic heterocycles. The number of rotatable bonds is 5. The van der Waals surface area contributed by atoms with Gasteiger partial charge in [-0.15, -0.1) is 0 Å². The Balaban J connectivity index is 1.41. The Labute approximate surface area is 211 Å². The van der Waals surface area contributed by atoms with E-state index in [0.717, 1.165) is 35.4 Å². The van der Waals surface area contributed by atoms with E-state index in [1.807, 2.05) is 4.90 Å². The van der Waals surface area contributed by atoms with Gasteiger partial charge in [0.15, 0.2) is 5.76 Å². The summed E-state index contributed by atoms with van der Waals surface area (Å²) in [5.74, 6) is -4.01. The van der Waals surface area contributed by atoms with E-state index in [0.29, 0.717) is 37.2 Å². The Morgan fingerprint density at radius 1 is 1.03 bits per heavy atom. The molecule has 2 aliphatic rings. The fourth-order valence-corrected chi connectivity index (χ4v) is 5.52. The maximum Gasteiger partial charge on any atom is 0.519 e. The third kappa shape index (κ3) is 3.79. The molecular weight excluding hydrogens is 507 g/mol. The van der Waals surface area contributed by atoms with Crippen LogP contribution in [0.1, 0.15) is 28.3 Å². The standard InChI is InChI=1S/C26H20F3N3O6/c1-12-23(38-26(36)37-12)11-30-8-15-5-14(30)9-31(15)22-7-21-16(6-19(22)29)24(33)17(25(34)35)10-32(21)20-3-2-13(27)4-18(20)28/h2-4,6-7,10,14-15H,5,8-9,11H2,1H3,(H,34,35). The van der Waals surface area contributed by atoms with Gasteiger partial charge in [-0.3, -0.25) is 9.69 Å². The molecule has 0 amide bonds. The fraction of sp³-hybridized carbons (Fsp3) is 0.269. The van der Waals surface area contributed by atoms with Crippen LogP contribution in [-0.4, -0.2) is 45.7 Å². The van der Waals surface area contributed by atoms with E-state index in [2.05, 4.69) is 4.90 Å². The van der Waals surface area contributed by atoms with Gasteiger partial charge in [0.05, 0.1) is 23.4 Å². The van der Waals surface area contributed by atoms with Crippen LogP contribution in [0.5, 0.6) is 0 Å². The van der Waals surface area contributed by atoms with Crippen LogP contribution in [0.15, 0.2) is 55.0 Å². The third-order valence-corrected chi connectivity index (χ3v) is 7.32. The Hall–Kier alpha value is -4.32. The lowest BCUT2D eigenvalue weighted by Crippen LogP contribution is -2.46. The summed E-state index contributed by atoms with van der Waals surface area (Å²) in [6.07, 6.45) is 1.68. The lowest BCUT2D eigenvalue weighted by Gasteiger charge is -2.35. The number of anilines is 1. The molecule has 196 valence electrons. The maximum absolute atomic E-state index is 15.4. The highest BCUT2D eigenvalue weighted by Gasteiger charge is 2.44. The summed E-state index contributed by atoms with van der Waals surface area (Å²) in [6.45, 7) is 3.00. The zero-order chi connectivity index (χ0) is 26.9. The highest BCUT2D eigenvalue weighted by molar-refractivity contribution is 5.94. The van der Waals surface area contributed by atoms with Crippen molar-refractivity contribution >= 4 is 22.6 Å². The average Bonchev–Trinajstić information content (AvgIpc) is 3.53. The monoisotopic (exact) mass is 527 g/mol. The molecule has 4 heterocycles. The second kappa shape index (κ2) is 8.62. The van der Waals surface area contributed by atoms with Gasteiger partial charge >= 0.3 is 11.8 Å². The molecule has 0 aliphatic carbocycles. The molecule has 2 aromatic heterocycles. The van der Waals surface area contributed by atoms with Crippen LogP contribution >= 0.6 is 0 Å². The SMILES string of the molecule is Cc1oc(=O)oc1CN1CC2CC1CN2c1cc2c(cc1F)c(=O)c(C(=O)O)cn2-c1ccc(F)cc1F. The number of halogens is 3. The number of hydrogen-bond acceptors (Lipinski definition) is 7. The van der Waals surface area contributed by atoms with Gasteiger partial charge < -0.3 is 23.4 Å². The van der Waals surface area contributed by atoms with Crippen molar-refractivity contribution in [1.29, 1.82) is 0 Å². The van der Waals surface area contributed by atoms with Gasteiger partial charge in [0, 0.05) is 42.8 Å². The Morgan fingerprint density at radius 3 is 2.42 bits per heavy atom. The number of carboxylic acid groups (broad SMARTS) is 1. The predicted octanol–water partition coefficient (Wildman–Crippen LogP) is 3.42. The lowest BCUT2D eigenvalue weighted by molar-refractivity contribution is 0.0695. The number of aryl methyl sites for hydroxylation is 1. The predicted molar refractivity (Wildman–Crippen MR) is 128 cm³/mol. The summed E-state index contributed by atoms with van der Waals surface area (Å²) in [7, 11) is 0. The number of aromatic nitrogens is 1. The summed E-state index contributed by atoms with van der Waals surface area (Å²) >= 11 is 0. The molecule has 38 heavy (non-hydrogen) atoms. The van der Waals surface area contributed by atoms with Crippen molar-refractivity contribution in [3.63, 3.8) is 0 Å². The van der Waals surface area contributed by atoms with E-state index in [-0.39, 0.29) is 34.4 Å². The Kier molecular flexibility index (Phi) is 5.45. The van der Waals surface area contributed by atoms with Gasteiger partial charge in [0.25, 0.3) is 0 Å². The number of benzene rings is 2. The molecule has 2 saturated heterocycles. The molecular formula is C26H20F3N3O6. The molecule has 0 saturated carbocycles. The second-order valence-corrected chi connectivity index (χ2v) is 9.52. The van der Waals surface area contributed by atoms with E-state index in [4.69, 9.17) is 8.83 Å². The maximum atomic E-state index is 15.4. The molecule has 2 fully saturated rings. The summed E-state index contributed by atoms with van der Waals surface area (Å²) in [4.78, 5) is 39.9. The van der Waals surface area contributed by atoms with Gasteiger partial charge in [0.2, 0.25) is 5.43 Å². The van der Waals surface area contributed by atoms with Crippen molar-refractivity contribution in [2.24, 2.45) is 0 Å². The molecule has 0 radical (unpaired) electrons.